The van der Waals surface area contributed by atoms with Crippen LogP contribution in [0.5, 0.6) is 0 Å². The summed E-state index contributed by atoms with van der Waals surface area (Å²) >= 11 is 0. The summed E-state index contributed by atoms with van der Waals surface area (Å²) in [4.78, 5) is 12.6. The van der Waals surface area contributed by atoms with Crippen molar-refractivity contribution in [3.63, 3.8) is 0 Å². The van der Waals surface area contributed by atoms with Gasteiger partial charge in [-0.2, -0.15) is 5.10 Å². The van der Waals surface area contributed by atoms with Crippen LogP contribution in [0.4, 0.5) is 4.39 Å². The Morgan fingerprint density at radius 1 is 1.39 bits per heavy atom. The fourth-order valence-electron chi connectivity index (χ4n) is 3.95. The number of amides is 1. The fourth-order valence-corrected chi connectivity index (χ4v) is 3.95. The summed E-state index contributed by atoms with van der Waals surface area (Å²) in [6.07, 6.45) is 0. The van der Waals surface area contributed by atoms with E-state index in [0.717, 1.165) is 29.7 Å². The number of halogens is 1. The molecule has 2 fully saturated rings. The summed E-state index contributed by atoms with van der Waals surface area (Å²) in [5.74, 6) is 0.920. The van der Waals surface area contributed by atoms with Gasteiger partial charge in [0.2, 0.25) is 5.91 Å². The summed E-state index contributed by atoms with van der Waals surface area (Å²) in [6, 6.07) is 4.64. The fraction of sp³-hybridized carbons (Fsp3) is 0.529. The number of hydrogen-bond donors (Lipinski definition) is 2. The van der Waals surface area contributed by atoms with Crippen LogP contribution in [-0.4, -0.2) is 28.8 Å². The number of aryl methyl sites for hydroxylation is 1. The Balaban J connectivity index is 1.62. The zero-order chi connectivity index (χ0) is 16.4. The summed E-state index contributed by atoms with van der Waals surface area (Å²) < 4.78 is 15.1. The van der Waals surface area contributed by atoms with E-state index in [0.29, 0.717) is 11.8 Å². The maximum absolute atomic E-state index is 13.5. The van der Waals surface area contributed by atoms with Gasteiger partial charge in [-0.1, -0.05) is 0 Å². The molecule has 3 atom stereocenters. The van der Waals surface area contributed by atoms with Crippen LogP contribution in [0.1, 0.15) is 19.5 Å². The van der Waals surface area contributed by atoms with Crippen LogP contribution in [0.25, 0.3) is 10.9 Å². The Labute approximate surface area is 134 Å². The average Bonchev–Trinajstić information content (AvgIpc) is 2.81. The minimum absolute atomic E-state index is 0.104. The lowest BCUT2D eigenvalue weighted by atomic mass is 9.96. The third-order valence-electron chi connectivity index (χ3n) is 5.24. The van der Waals surface area contributed by atoms with Gasteiger partial charge in [0, 0.05) is 18.4 Å². The van der Waals surface area contributed by atoms with Gasteiger partial charge in [0.1, 0.15) is 5.82 Å². The van der Waals surface area contributed by atoms with Crippen molar-refractivity contribution in [3.05, 3.63) is 29.7 Å². The highest BCUT2D eigenvalue weighted by Gasteiger charge is 2.57. The van der Waals surface area contributed by atoms with Crippen molar-refractivity contribution in [3.8, 4) is 0 Å². The van der Waals surface area contributed by atoms with Gasteiger partial charge < -0.3 is 10.6 Å². The molecule has 0 spiro atoms. The molecule has 4 rings (SSSR count). The lowest BCUT2D eigenvalue weighted by Crippen LogP contribution is -2.43. The second-order valence-electron chi connectivity index (χ2n) is 7.26. The number of fused-ring (bicyclic) bond motifs is 2. The van der Waals surface area contributed by atoms with Crippen molar-refractivity contribution in [1.82, 2.24) is 20.4 Å². The van der Waals surface area contributed by atoms with Crippen LogP contribution in [0.15, 0.2) is 18.2 Å². The Hall–Kier alpha value is -1.95. The van der Waals surface area contributed by atoms with E-state index in [1.807, 2.05) is 13.8 Å². The Kier molecular flexibility index (Phi) is 3.04. The van der Waals surface area contributed by atoms with Crippen LogP contribution in [-0.2, 0) is 17.4 Å². The number of aromatic nitrogens is 2. The van der Waals surface area contributed by atoms with Crippen LogP contribution in [0, 0.1) is 23.6 Å². The first kappa shape index (κ1) is 14.6. The number of hydrogen-bond acceptors (Lipinski definition) is 3. The molecule has 23 heavy (non-hydrogen) atoms. The molecule has 2 heterocycles. The number of benzene rings is 1. The van der Waals surface area contributed by atoms with E-state index in [-0.39, 0.29) is 17.6 Å². The average molecular weight is 316 g/mol. The van der Waals surface area contributed by atoms with E-state index in [2.05, 4.69) is 15.7 Å². The van der Waals surface area contributed by atoms with E-state index < -0.39 is 5.54 Å². The predicted molar refractivity (Wildman–Crippen MR) is 85.2 cm³/mol. The van der Waals surface area contributed by atoms with Crippen LogP contribution < -0.4 is 10.6 Å². The van der Waals surface area contributed by atoms with Gasteiger partial charge in [-0.05, 0) is 57.0 Å². The quantitative estimate of drug-likeness (QED) is 0.903. The highest BCUT2D eigenvalue weighted by molar-refractivity contribution is 5.86. The second-order valence-corrected chi connectivity index (χ2v) is 7.26. The largest absolute Gasteiger partial charge is 0.345 e. The molecule has 0 bridgehead atoms. The first-order valence-corrected chi connectivity index (χ1v) is 8.04. The van der Waals surface area contributed by atoms with Crippen molar-refractivity contribution in [2.75, 3.05) is 13.1 Å². The smallest absolute Gasteiger partial charge is 0.224 e. The third kappa shape index (κ3) is 2.24. The van der Waals surface area contributed by atoms with E-state index >= 15 is 0 Å². The van der Waals surface area contributed by atoms with Crippen molar-refractivity contribution in [1.29, 1.82) is 0 Å². The topological polar surface area (TPSA) is 59.0 Å². The first-order chi connectivity index (χ1) is 10.9. The molecule has 1 aliphatic heterocycles. The molecule has 2 aliphatic rings. The summed E-state index contributed by atoms with van der Waals surface area (Å²) in [7, 11) is 1.79. The monoisotopic (exact) mass is 316 g/mol. The SMILES string of the molecule is Cn1nc(C(C)(C)NC(=O)[C@H]2[C@@H]3CNC[C@@H]32)c2ccc(F)cc21. The number of carbonyl (C=O) groups excluding carboxylic acids is 1. The Morgan fingerprint density at radius 2 is 2.09 bits per heavy atom. The molecule has 2 aromatic rings. The van der Waals surface area contributed by atoms with Gasteiger partial charge in [-0.15, -0.1) is 0 Å². The van der Waals surface area contributed by atoms with E-state index in [4.69, 9.17) is 0 Å². The van der Waals surface area contributed by atoms with Gasteiger partial charge in [0.25, 0.3) is 0 Å². The molecule has 5 nitrogen and oxygen atoms in total. The van der Waals surface area contributed by atoms with Gasteiger partial charge >= 0.3 is 0 Å². The van der Waals surface area contributed by atoms with Crippen LogP contribution in [0.2, 0.25) is 0 Å². The molecule has 6 heteroatoms. The minimum Gasteiger partial charge on any atom is -0.345 e. The standard InChI is InChI=1S/C17H21FN4O/c1-17(2,20-16(23)14-11-7-19-8-12(11)14)15-10-5-4-9(18)6-13(10)22(3)21-15/h4-6,11-12,14,19H,7-8H2,1-3H3,(H,20,23)/t11-,12+,14+. The minimum atomic E-state index is -0.598. The number of rotatable bonds is 3. The summed E-state index contributed by atoms with van der Waals surface area (Å²) in [5, 5.41) is 11.9. The Bertz CT molecular complexity index is 787. The molecule has 1 aromatic carbocycles. The molecule has 1 aromatic heterocycles. The van der Waals surface area contributed by atoms with Gasteiger partial charge in [-0.3, -0.25) is 9.48 Å². The molecule has 1 aliphatic carbocycles. The molecule has 0 unspecified atom stereocenters. The maximum Gasteiger partial charge on any atom is 0.224 e. The number of carbonyl (C=O) groups is 1. The highest BCUT2D eigenvalue weighted by Crippen LogP contribution is 2.49. The zero-order valence-electron chi connectivity index (χ0n) is 13.6. The normalized spacial score (nSPS) is 26.3. The van der Waals surface area contributed by atoms with Crippen molar-refractivity contribution < 1.29 is 9.18 Å². The molecule has 1 amide bonds. The van der Waals surface area contributed by atoms with Crippen LogP contribution in [0.3, 0.4) is 0 Å². The summed E-state index contributed by atoms with van der Waals surface area (Å²) in [6.45, 7) is 5.78. The van der Waals surface area contributed by atoms with E-state index in [9.17, 15) is 9.18 Å². The molecule has 1 saturated heterocycles. The lowest BCUT2D eigenvalue weighted by Gasteiger charge is -2.25. The molecular weight excluding hydrogens is 295 g/mol. The van der Waals surface area contributed by atoms with Gasteiger partial charge in [-0.25, -0.2) is 4.39 Å². The molecular formula is C17H21FN4O. The first-order valence-electron chi connectivity index (χ1n) is 8.04. The second kappa shape index (κ2) is 4.77. The number of nitrogens with one attached hydrogen (secondary N) is 2. The van der Waals surface area contributed by atoms with Crippen molar-refractivity contribution >= 4 is 16.8 Å². The summed E-state index contributed by atoms with van der Waals surface area (Å²) in [5.41, 5.74) is 0.903. The zero-order valence-corrected chi connectivity index (χ0v) is 13.6. The van der Waals surface area contributed by atoms with E-state index in [1.54, 1.807) is 17.8 Å². The lowest BCUT2D eigenvalue weighted by molar-refractivity contribution is -0.124. The number of piperidine rings is 1. The molecule has 0 radical (unpaired) electrons. The van der Waals surface area contributed by atoms with E-state index in [1.165, 1.54) is 12.1 Å². The van der Waals surface area contributed by atoms with Crippen molar-refractivity contribution in [2.24, 2.45) is 24.8 Å². The van der Waals surface area contributed by atoms with Gasteiger partial charge in [0.15, 0.2) is 0 Å². The van der Waals surface area contributed by atoms with Gasteiger partial charge in [0.05, 0.1) is 16.7 Å². The number of nitrogens with zero attached hydrogens (tertiary/aromatic N) is 2. The maximum atomic E-state index is 13.5. The molecule has 2 N–H and O–H groups in total. The Morgan fingerprint density at radius 3 is 2.78 bits per heavy atom. The van der Waals surface area contributed by atoms with Crippen molar-refractivity contribution in [2.45, 2.75) is 19.4 Å². The molecule has 122 valence electrons. The molecule has 1 saturated carbocycles. The predicted octanol–water partition coefficient (Wildman–Crippen LogP) is 1.53. The third-order valence-corrected chi connectivity index (χ3v) is 5.24. The van der Waals surface area contributed by atoms with Crippen LogP contribution >= 0.6 is 0 Å². The highest BCUT2D eigenvalue weighted by atomic mass is 19.1.